The zero-order valence-electron chi connectivity index (χ0n) is 16.7. The van der Waals surface area contributed by atoms with E-state index in [2.05, 4.69) is 50.3 Å². The van der Waals surface area contributed by atoms with Crippen LogP contribution in [0.4, 0.5) is 0 Å². The predicted octanol–water partition coefficient (Wildman–Crippen LogP) is 4.33. The molecule has 0 heterocycles. The van der Waals surface area contributed by atoms with Gasteiger partial charge < -0.3 is 14.9 Å². The molecule has 1 aromatic rings. The van der Waals surface area contributed by atoms with Gasteiger partial charge in [0.1, 0.15) is 0 Å². The summed E-state index contributed by atoms with van der Waals surface area (Å²) in [6, 6.07) is 10.4. The molecule has 2 saturated carbocycles. The number of hydrogen-bond donors (Lipinski definition) is 2. The van der Waals surface area contributed by atoms with E-state index >= 15 is 0 Å². The van der Waals surface area contributed by atoms with Crippen molar-refractivity contribution in [3.05, 3.63) is 48.0 Å². The largest absolute Gasteiger partial charge is 0.396 e. The topological polar surface area (TPSA) is 49.7 Å². The van der Waals surface area contributed by atoms with Crippen LogP contribution in [0.5, 0.6) is 0 Å². The van der Waals surface area contributed by atoms with Crippen LogP contribution in [0.15, 0.2) is 42.5 Å². The van der Waals surface area contributed by atoms with Gasteiger partial charge in [-0.1, -0.05) is 56.3 Å². The van der Waals surface area contributed by atoms with Gasteiger partial charge in [-0.25, -0.2) is 0 Å². The van der Waals surface area contributed by atoms with Crippen molar-refractivity contribution in [2.24, 2.45) is 28.6 Å². The molecule has 0 unspecified atom stereocenters. The summed E-state index contributed by atoms with van der Waals surface area (Å²) in [7, 11) is 0. The summed E-state index contributed by atoms with van der Waals surface area (Å²) in [6.07, 6.45) is 9.01. The van der Waals surface area contributed by atoms with Crippen LogP contribution >= 0.6 is 0 Å². The first-order valence-corrected chi connectivity index (χ1v) is 10.6. The fourth-order valence-electron chi connectivity index (χ4n) is 6.65. The number of aliphatic hydroxyl groups is 2. The van der Waals surface area contributed by atoms with Crippen molar-refractivity contribution in [1.29, 1.82) is 0 Å². The molecule has 27 heavy (non-hydrogen) atoms. The summed E-state index contributed by atoms with van der Waals surface area (Å²) in [5.41, 5.74) is 1.04. The van der Waals surface area contributed by atoms with E-state index in [4.69, 9.17) is 4.74 Å². The van der Waals surface area contributed by atoms with Crippen molar-refractivity contribution in [1.82, 2.24) is 0 Å². The first-order chi connectivity index (χ1) is 13.0. The SMILES string of the molecule is C[C@@H]1[C@@H](OCc2ccccc2)CC[C@@]2(C)[C@H]1C[C@@H](O)[C@@]1(CO)CC=CC[C@@H]21. The second-order valence-electron chi connectivity index (χ2n) is 9.45. The van der Waals surface area contributed by atoms with Crippen LogP contribution in [0.3, 0.4) is 0 Å². The Balaban J connectivity index is 1.53. The van der Waals surface area contributed by atoms with Gasteiger partial charge in [0, 0.05) is 5.41 Å². The maximum atomic E-state index is 11.1. The predicted molar refractivity (Wildman–Crippen MR) is 107 cm³/mol. The summed E-state index contributed by atoms with van der Waals surface area (Å²) in [4.78, 5) is 0. The fraction of sp³-hybridized carbons (Fsp3) is 0.667. The summed E-state index contributed by atoms with van der Waals surface area (Å²) < 4.78 is 6.35. The highest BCUT2D eigenvalue weighted by Crippen LogP contribution is 2.64. The quantitative estimate of drug-likeness (QED) is 0.776. The molecule has 1 aromatic carbocycles. The minimum atomic E-state index is -0.425. The second-order valence-corrected chi connectivity index (χ2v) is 9.45. The minimum absolute atomic E-state index is 0.0911. The molecule has 0 aliphatic heterocycles. The molecule has 4 rings (SSSR count). The highest BCUT2D eigenvalue weighted by Gasteiger charge is 2.61. The first-order valence-electron chi connectivity index (χ1n) is 10.6. The molecule has 0 saturated heterocycles. The number of fused-ring (bicyclic) bond motifs is 3. The molecule has 0 aromatic heterocycles. The lowest BCUT2D eigenvalue weighted by molar-refractivity contribution is -0.206. The lowest BCUT2D eigenvalue weighted by atomic mass is 9.43. The molecule has 3 aliphatic rings. The van der Waals surface area contributed by atoms with Gasteiger partial charge in [-0.15, -0.1) is 0 Å². The molecule has 3 nitrogen and oxygen atoms in total. The average molecular weight is 371 g/mol. The maximum Gasteiger partial charge on any atom is 0.0720 e. The van der Waals surface area contributed by atoms with Crippen LogP contribution < -0.4 is 0 Å². The van der Waals surface area contributed by atoms with E-state index in [1.807, 2.05) is 6.07 Å². The van der Waals surface area contributed by atoms with Crippen molar-refractivity contribution < 1.29 is 14.9 Å². The number of ether oxygens (including phenoxy) is 1. The normalized spacial score (nSPS) is 43.8. The molecule has 0 bridgehead atoms. The van der Waals surface area contributed by atoms with E-state index in [9.17, 15) is 10.2 Å². The van der Waals surface area contributed by atoms with Gasteiger partial charge in [-0.2, -0.15) is 0 Å². The summed E-state index contributed by atoms with van der Waals surface area (Å²) in [5, 5.41) is 21.3. The standard InChI is InChI=1S/C24H34O3/c1-17-19-14-22(26)24(16-25)12-7-6-10-21(24)23(19,2)13-11-20(17)27-15-18-8-4-3-5-9-18/h3-9,17,19-22,25-26H,10-16H2,1-2H3/t17-,19-,20-,21-,22+,23-,24+/m0/s1. The Kier molecular flexibility index (Phi) is 5.22. The zero-order valence-corrected chi connectivity index (χ0v) is 16.7. The molecule has 3 heteroatoms. The van der Waals surface area contributed by atoms with Gasteiger partial charge in [0.25, 0.3) is 0 Å². The molecule has 2 fully saturated rings. The van der Waals surface area contributed by atoms with Gasteiger partial charge in [0.2, 0.25) is 0 Å². The summed E-state index contributed by atoms with van der Waals surface area (Å²) in [6.45, 7) is 5.49. The maximum absolute atomic E-state index is 11.1. The van der Waals surface area contributed by atoms with Gasteiger partial charge in [-0.05, 0) is 60.8 Å². The van der Waals surface area contributed by atoms with E-state index in [0.29, 0.717) is 24.4 Å². The Morgan fingerprint density at radius 2 is 1.96 bits per heavy atom. The molecular weight excluding hydrogens is 336 g/mol. The number of aliphatic hydroxyl groups excluding tert-OH is 2. The molecular formula is C24H34O3. The summed E-state index contributed by atoms with van der Waals surface area (Å²) in [5.74, 6) is 1.22. The van der Waals surface area contributed by atoms with E-state index in [0.717, 1.165) is 32.1 Å². The Labute approximate surface area is 163 Å². The van der Waals surface area contributed by atoms with Crippen LogP contribution in [0, 0.1) is 28.6 Å². The van der Waals surface area contributed by atoms with Gasteiger partial charge in [-0.3, -0.25) is 0 Å². The van der Waals surface area contributed by atoms with E-state index in [1.165, 1.54) is 5.56 Å². The van der Waals surface area contributed by atoms with Crippen LogP contribution in [0.25, 0.3) is 0 Å². The Morgan fingerprint density at radius 3 is 2.70 bits per heavy atom. The van der Waals surface area contributed by atoms with Crippen molar-refractivity contribution in [3.8, 4) is 0 Å². The van der Waals surface area contributed by atoms with E-state index < -0.39 is 6.10 Å². The number of allylic oxidation sites excluding steroid dienone is 2. The third kappa shape index (κ3) is 3.08. The molecule has 0 spiro atoms. The Morgan fingerprint density at radius 1 is 1.19 bits per heavy atom. The number of rotatable bonds is 4. The molecule has 0 radical (unpaired) electrons. The third-order valence-electron chi connectivity index (χ3n) is 8.30. The molecule has 7 atom stereocenters. The monoisotopic (exact) mass is 370 g/mol. The Hall–Kier alpha value is -1.16. The fourth-order valence-corrected chi connectivity index (χ4v) is 6.65. The molecule has 0 amide bonds. The van der Waals surface area contributed by atoms with Crippen LogP contribution in [0.1, 0.15) is 51.5 Å². The van der Waals surface area contributed by atoms with Gasteiger partial charge >= 0.3 is 0 Å². The van der Waals surface area contributed by atoms with Gasteiger partial charge in [0.05, 0.1) is 25.4 Å². The average Bonchev–Trinajstić information content (AvgIpc) is 2.70. The lowest BCUT2D eigenvalue weighted by Crippen LogP contribution is -2.62. The third-order valence-corrected chi connectivity index (χ3v) is 8.30. The number of benzene rings is 1. The lowest BCUT2D eigenvalue weighted by Gasteiger charge is -2.63. The van der Waals surface area contributed by atoms with Crippen LogP contribution in [0.2, 0.25) is 0 Å². The number of hydrogen-bond acceptors (Lipinski definition) is 3. The minimum Gasteiger partial charge on any atom is -0.396 e. The van der Waals surface area contributed by atoms with Crippen LogP contribution in [-0.2, 0) is 11.3 Å². The van der Waals surface area contributed by atoms with E-state index in [-0.39, 0.29) is 23.5 Å². The summed E-state index contributed by atoms with van der Waals surface area (Å²) >= 11 is 0. The van der Waals surface area contributed by atoms with Crippen LogP contribution in [-0.4, -0.2) is 29.0 Å². The molecule has 2 N–H and O–H groups in total. The first kappa shape index (κ1) is 19.2. The smallest absolute Gasteiger partial charge is 0.0720 e. The van der Waals surface area contributed by atoms with E-state index in [1.54, 1.807) is 0 Å². The highest BCUT2D eigenvalue weighted by atomic mass is 16.5. The van der Waals surface area contributed by atoms with Crippen molar-refractivity contribution >= 4 is 0 Å². The molecule has 148 valence electrons. The second kappa shape index (κ2) is 7.35. The Bertz CT molecular complexity index is 671. The highest BCUT2D eigenvalue weighted by molar-refractivity contribution is 5.16. The van der Waals surface area contributed by atoms with Gasteiger partial charge in [0.15, 0.2) is 0 Å². The van der Waals surface area contributed by atoms with Crippen molar-refractivity contribution in [3.63, 3.8) is 0 Å². The molecule has 3 aliphatic carbocycles. The van der Waals surface area contributed by atoms with Crippen molar-refractivity contribution in [2.45, 2.75) is 64.8 Å². The van der Waals surface area contributed by atoms with Crippen molar-refractivity contribution in [2.75, 3.05) is 6.61 Å². The zero-order chi connectivity index (χ0) is 19.1.